The molecule has 0 bridgehead atoms. The molecule has 21 heavy (non-hydrogen) atoms. The van der Waals surface area contributed by atoms with Crippen molar-refractivity contribution in [2.75, 3.05) is 0 Å². The number of carbonyl (C=O) groups excluding carboxylic acids is 1. The fraction of sp³-hybridized carbons (Fsp3) is 0.0769. The summed E-state index contributed by atoms with van der Waals surface area (Å²) < 4.78 is 1.11. The van der Waals surface area contributed by atoms with E-state index in [0.717, 1.165) is 10.0 Å². The lowest BCUT2D eigenvalue weighted by atomic mass is 10.2. The van der Waals surface area contributed by atoms with Gasteiger partial charge in [0.15, 0.2) is 4.77 Å². The molecule has 1 aromatic heterocycles. The molecule has 0 aliphatic heterocycles. The minimum absolute atomic E-state index is 0.0105. The lowest BCUT2D eigenvalue weighted by Crippen LogP contribution is -2.21. The molecule has 2 rings (SSSR count). The van der Waals surface area contributed by atoms with E-state index in [9.17, 15) is 9.59 Å². The van der Waals surface area contributed by atoms with Crippen molar-refractivity contribution < 1.29 is 4.79 Å². The van der Waals surface area contributed by atoms with Gasteiger partial charge in [-0.15, -0.1) is 0 Å². The van der Waals surface area contributed by atoms with E-state index in [4.69, 9.17) is 12.2 Å². The number of carbonyl (C=O) groups is 1. The molecule has 1 aromatic carbocycles. The van der Waals surface area contributed by atoms with Gasteiger partial charge in [0.2, 0.25) is 5.91 Å². The van der Waals surface area contributed by atoms with Crippen LogP contribution in [0.5, 0.6) is 0 Å². The number of aromatic nitrogens is 2. The van der Waals surface area contributed by atoms with Crippen LogP contribution in [0.25, 0.3) is 0 Å². The van der Waals surface area contributed by atoms with Crippen molar-refractivity contribution >= 4 is 40.3 Å². The Morgan fingerprint density at radius 3 is 2.90 bits per heavy atom. The number of H-pyrrole nitrogens is 2. The largest absolute Gasteiger partial charge is 0.335 e. The monoisotopic (exact) mass is 366 g/mol. The molecule has 0 radical (unpaired) electrons. The van der Waals surface area contributed by atoms with Gasteiger partial charge in [-0.1, -0.05) is 28.1 Å². The number of rotatable bonds is 4. The summed E-state index contributed by atoms with van der Waals surface area (Å²) in [6.07, 6.45) is 1.52. The van der Waals surface area contributed by atoms with E-state index in [0.29, 0.717) is 5.69 Å². The predicted octanol–water partition coefficient (Wildman–Crippen LogP) is 1.89. The maximum Gasteiger partial charge on any atom is 0.251 e. The maximum absolute atomic E-state index is 11.7. The number of nitrogens with one attached hydrogen (secondary N) is 3. The first kappa shape index (κ1) is 15.3. The Morgan fingerprint density at radius 2 is 2.19 bits per heavy atom. The van der Waals surface area contributed by atoms with Crippen molar-refractivity contribution in [1.82, 2.24) is 15.4 Å². The lowest BCUT2D eigenvalue weighted by molar-refractivity contribution is -0.120. The van der Waals surface area contributed by atoms with Crippen LogP contribution < -0.4 is 11.0 Å². The molecule has 8 heteroatoms. The lowest BCUT2D eigenvalue weighted by Gasteiger charge is -2.00. The van der Waals surface area contributed by atoms with Crippen LogP contribution in [0.1, 0.15) is 11.3 Å². The number of aromatic amines is 2. The molecule has 1 heterocycles. The first-order chi connectivity index (χ1) is 10.0. The van der Waals surface area contributed by atoms with Crippen LogP contribution in [0.3, 0.4) is 0 Å². The number of halogens is 1. The molecule has 0 spiro atoms. The third-order valence-corrected chi connectivity index (χ3v) is 3.12. The van der Waals surface area contributed by atoms with Crippen LogP contribution in [-0.4, -0.2) is 22.1 Å². The first-order valence-electron chi connectivity index (χ1n) is 5.93. The second-order valence-corrected chi connectivity index (χ2v) is 5.46. The molecule has 0 unspecified atom stereocenters. The second-order valence-electron chi connectivity index (χ2n) is 4.14. The van der Waals surface area contributed by atoms with Gasteiger partial charge in [-0.3, -0.25) is 14.6 Å². The molecule has 0 aliphatic rings. The highest BCUT2D eigenvalue weighted by atomic mass is 79.9. The molecule has 108 valence electrons. The summed E-state index contributed by atoms with van der Waals surface area (Å²) in [5.41, 5.74) is 3.32. The molecular formula is C13H11BrN4O2S. The van der Waals surface area contributed by atoms with E-state index >= 15 is 0 Å². The quantitative estimate of drug-likeness (QED) is 0.438. The summed E-state index contributed by atoms with van der Waals surface area (Å²) in [6.45, 7) is 0. The highest BCUT2D eigenvalue weighted by Crippen LogP contribution is 2.09. The summed E-state index contributed by atoms with van der Waals surface area (Å²) in [4.78, 5) is 28.0. The normalized spacial score (nSPS) is 10.7. The molecule has 0 saturated carbocycles. The first-order valence-corrected chi connectivity index (χ1v) is 7.13. The van der Waals surface area contributed by atoms with Crippen molar-refractivity contribution in [3.05, 3.63) is 61.2 Å². The Balaban J connectivity index is 1.96. The third-order valence-electron chi connectivity index (χ3n) is 2.42. The highest BCUT2D eigenvalue weighted by Gasteiger charge is 2.03. The summed E-state index contributed by atoms with van der Waals surface area (Å²) in [5, 5.41) is 3.85. The number of hydrazone groups is 1. The SMILES string of the molecule is O=C(Cc1cc(=O)[nH]c(=S)[nH]1)N/N=C\c1cccc(Br)c1. The Hall–Kier alpha value is -2.06. The number of hydrogen-bond donors (Lipinski definition) is 3. The third kappa shape index (κ3) is 5.09. The van der Waals surface area contributed by atoms with E-state index in [1.165, 1.54) is 12.3 Å². The molecule has 3 N–H and O–H groups in total. The van der Waals surface area contributed by atoms with Gasteiger partial charge in [-0.2, -0.15) is 5.10 Å². The van der Waals surface area contributed by atoms with Crippen molar-refractivity contribution in [3.63, 3.8) is 0 Å². The van der Waals surface area contributed by atoms with Crippen molar-refractivity contribution in [2.45, 2.75) is 6.42 Å². The Kier molecular flexibility index (Phi) is 5.18. The molecule has 0 saturated heterocycles. The molecular weight excluding hydrogens is 356 g/mol. The average Bonchev–Trinajstić information content (AvgIpc) is 2.37. The smallest absolute Gasteiger partial charge is 0.251 e. The predicted molar refractivity (Wildman–Crippen MR) is 85.8 cm³/mol. The zero-order valence-corrected chi connectivity index (χ0v) is 13.1. The molecule has 0 aliphatic carbocycles. The van der Waals surface area contributed by atoms with Gasteiger partial charge in [0, 0.05) is 16.2 Å². The second kappa shape index (κ2) is 7.09. The minimum atomic E-state index is -0.350. The van der Waals surface area contributed by atoms with E-state index in [-0.39, 0.29) is 22.7 Å². The molecule has 0 atom stereocenters. The molecule has 2 aromatic rings. The van der Waals surface area contributed by atoms with Gasteiger partial charge < -0.3 is 4.98 Å². The van der Waals surface area contributed by atoms with Crippen molar-refractivity contribution in [3.8, 4) is 0 Å². The van der Waals surface area contributed by atoms with E-state index in [1.807, 2.05) is 24.3 Å². The van der Waals surface area contributed by atoms with Crippen LogP contribution in [0.15, 0.2) is 44.7 Å². The summed E-state index contributed by atoms with van der Waals surface area (Å²) in [6, 6.07) is 8.76. The molecule has 1 amide bonds. The van der Waals surface area contributed by atoms with Crippen LogP contribution in [-0.2, 0) is 11.2 Å². The van der Waals surface area contributed by atoms with Gasteiger partial charge in [0.25, 0.3) is 5.56 Å². The highest BCUT2D eigenvalue weighted by molar-refractivity contribution is 9.10. The van der Waals surface area contributed by atoms with Crippen LogP contribution in [0.2, 0.25) is 0 Å². The van der Waals surface area contributed by atoms with Gasteiger partial charge in [0.1, 0.15) is 0 Å². The van der Waals surface area contributed by atoms with Crippen molar-refractivity contribution in [1.29, 1.82) is 0 Å². The van der Waals surface area contributed by atoms with Crippen molar-refractivity contribution in [2.24, 2.45) is 5.10 Å². The fourth-order valence-corrected chi connectivity index (χ4v) is 2.24. The number of hydrogen-bond acceptors (Lipinski definition) is 4. The Labute approximate surface area is 133 Å². The van der Waals surface area contributed by atoms with Crippen LogP contribution in [0.4, 0.5) is 0 Å². The minimum Gasteiger partial charge on any atom is -0.335 e. The number of nitrogens with zero attached hydrogens (tertiary/aromatic N) is 1. The van der Waals surface area contributed by atoms with E-state index in [2.05, 4.69) is 36.4 Å². The van der Waals surface area contributed by atoms with Gasteiger partial charge in [-0.05, 0) is 29.9 Å². The maximum atomic E-state index is 11.7. The summed E-state index contributed by atoms with van der Waals surface area (Å²) >= 11 is 8.17. The van der Waals surface area contributed by atoms with Gasteiger partial charge in [0.05, 0.1) is 12.6 Å². The topological polar surface area (TPSA) is 90.1 Å². The zero-order chi connectivity index (χ0) is 15.2. The molecule has 0 fully saturated rings. The van der Waals surface area contributed by atoms with Gasteiger partial charge in [-0.25, -0.2) is 5.43 Å². The summed E-state index contributed by atoms with van der Waals surface area (Å²) in [5.74, 6) is -0.350. The Bertz CT molecular complexity index is 769. The fourth-order valence-electron chi connectivity index (χ4n) is 1.59. The number of benzene rings is 1. The van der Waals surface area contributed by atoms with Crippen LogP contribution >= 0.6 is 28.1 Å². The molecule has 6 nitrogen and oxygen atoms in total. The van der Waals surface area contributed by atoms with E-state index in [1.54, 1.807) is 0 Å². The average molecular weight is 367 g/mol. The van der Waals surface area contributed by atoms with Crippen LogP contribution in [0, 0.1) is 4.77 Å². The van der Waals surface area contributed by atoms with E-state index < -0.39 is 0 Å². The number of amides is 1. The standard InChI is InChI=1S/C13H11BrN4O2S/c14-9-3-1-2-8(4-9)7-15-18-12(20)6-10-5-11(19)17-13(21)16-10/h1-5,7H,6H2,(H,18,20)(H2,16,17,19,21)/b15-7-. The summed E-state index contributed by atoms with van der Waals surface area (Å²) in [7, 11) is 0. The zero-order valence-electron chi connectivity index (χ0n) is 10.7. The van der Waals surface area contributed by atoms with Gasteiger partial charge >= 0.3 is 0 Å². The Morgan fingerprint density at radius 1 is 1.38 bits per heavy atom.